The number of anilines is 2. The van der Waals surface area contributed by atoms with Gasteiger partial charge in [-0.05, 0) is 62.3 Å². The standard InChI is InChI=1S/C20H28N4O4S/c1-6-23(7-2)15(4)18-13-17(10-8-14(18)3)29(27,28)22(5)16-9-11-20(24(25)26)19(21)12-16/h8-13,15H,6-7,21H2,1-5H3. The van der Waals surface area contributed by atoms with Crippen LogP contribution in [0.5, 0.6) is 0 Å². The van der Waals surface area contributed by atoms with Gasteiger partial charge in [0, 0.05) is 19.2 Å². The van der Waals surface area contributed by atoms with Crippen molar-refractivity contribution < 1.29 is 13.3 Å². The maximum Gasteiger partial charge on any atom is 0.292 e. The summed E-state index contributed by atoms with van der Waals surface area (Å²) in [6.07, 6.45) is 0. The molecule has 0 radical (unpaired) electrons. The predicted octanol–water partition coefficient (Wildman–Crippen LogP) is 3.71. The van der Waals surface area contributed by atoms with Crippen LogP contribution in [-0.4, -0.2) is 38.4 Å². The Morgan fingerprint density at radius 3 is 2.28 bits per heavy atom. The summed E-state index contributed by atoms with van der Waals surface area (Å²) in [5.74, 6) is 0. The minimum Gasteiger partial charge on any atom is -0.393 e. The highest BCUT2D eigenvalue weighted by Gasteiger charge is 2.25. The summed E-state index contributed by atoms with van der Waals surface area (Å²) < 4.78 is 27.5. The molecular weight excluding hydrogens is 392 g/mol. The van der Waals surface area contributed by atoms with Gasteiger partial charge in [-0.25, -0.2) is 8.42 Å². The molecule has 1 atom stereocenters. The van der Waals surface area contributed by atoms with Crippen LogP contribution in [0.25, 0.3) is 0 Å². The molecule has 158 valence electrons. The van der Waals surface area contributed by atoms with E-state index >= 15 is 0 Å². The quantitative estimate of drug-likeness (QED) is 0.396. The van der Waals surface area contributed by atoms with Crippen LogP contribution in [0.4, 0.5) is 17.1 Å². The number of nitrogens with zero attached hydrogens (tertiary/aromatic N) is 3. The molecule has 8 nitrogen and oxygen atoms in total. The number of benzene rings is 2. The number of nitrogens with two attached hydrogens (primary N) is 1. The molecule has 0 saturated heterocycles. The highest BCUT2D eigenvalue weighted by molar-refractivity contribution is 7.92. The number of nitro benzene ring substituents is 1. The van der Waals surface area contributed by atoms with Crippen molar-refractivity contribution in [2.75, 3.05) is 30.2 Å². The van der Waals surface area contributed by atoms with E-state index in [1.807, 2.05) is 6.92 Å². The van der Waals surface area contributed by atoms with E-state index < -0.39 is 14.9 Å². The van der Waals surface area contributed by atoms with Crippen molar-refractivity contribution in [2.45, 2.75) is 38.6 Å². The lowest BCUT2D eigenvalue weighted by molar-refractivity contribution is -0.383. The van der Waals surface area contributed by atoms with Crippen molar-refractivity contribution in [2.24, 2.45) is 0 Å². The summed E-state index contributed by atoms with van der Waals surface area (Å²) in [6, 6.07) is 9.04. The van der Waals surface area contributed by atoms with Crippen LogP contribution in [-0.2, 0) is 10.0 Å². The number of nitrogen functional groups attached to an aromatic ring is 1. The molecule has 0 aromatic heterocycles. The summed E-state index contributed by atoms with van der Waals surface area (Å²) in [4.78, 5) is 12.8. The minimum atomic E-state index is -3.86. The second-order valence-corrected chi connectivity index (χ2v) is 8.86. The molecule has 1 unspecified atom stereocenters. The maximum absolute atomic E-state index is 13.2. The molecule has 0 heterocycles. The number of rotatable bonds is 8. The maximum atomic E-state index is 13.2. The van der Waals surface area contributed by atoms with Gasteiger partial charge in [0.15, 0.2) is 0 Å². The second-order valence-electron chi connectivity index (χ2n) is 6.89. The van der Waals surface area contributed by atoms with Crippen molar-refractivity contribution in [3.05, 3.63) is 57.6 Å². The molecule has 0 aliphatic carbocycles. The number of hydrogen-bond acceptors (Lipinski definition) is 6. The smallest absolute Gasteiger partial charge is 0.292 e. The van der Waals surface area contributed by atoms with Crippen LogP contribution in [0, 0.1) is 17.0 Å². The van der Waals surface area contributed by atoms with Gasteiger partial charge in [0.05, 0.1) is 15.5 Å². The molecule has 0 aliphatic heterocycles. The van der Waals surface area contributed by atoms with Crippen LogP contribution in [0.2, 0.25) is 0 Å². The van der Waals surface area contributed by atoms with Gasteiger partial charge in [0.25, 0.3) is 15.7 Å². The normalized spacial score (nSPS) is 12.8. The molecule has 0 spiro atoms. The largest absolute Gasteiger partial charge is 0.393 e. The molecule has 0 aliphatic rings. The monoisotopic (exact) mass is 420 g/mol. The average Bonchev–Trinajstić information content (AvgIpc) is 2.67. The predicted molar refractivity (Wildman–Crippen MR) is 116 cm³/mol. The van der Waals surface area contributed by atoms with Crippen molar-refractivity contribution in [3.63, 3.8) is 0 Å². The Bertz CT molecular complexity index is 1000. The highest BCUT2D eigenvalue weighted by Crippen LogP contribution is 2.31. The van der Waals surface area contributed by atoms with E-state index in [4.69, 9.17) is 5.73 Å². The Hall–Kier alpha value is -2.65. The zero-order valence-corrected chi connectivity index (χ0v) is 18.2. The van der Waals surface area contributed by atoms with Gasteiger partial charge in [0.1, 0.15) is 5.69 Å². The van der Waals surface area contributed by atoms with E-state index in [0.717, 1.165) is 28.5 Å². The Morgan fingerprint density at radius 1 is 1.14 bits per heavy atom. The molecule has 0 saturated carbocycles. The molecule has 2 aromatic carbocycles. The number of hydrogen-bond donors (Lipinski definition) is 1. The average molecular weight is 421 g/mol. The van der Waals surface area contributed by atoms with Gasteiger partial charge in [0.2, 0.25) is 0 Å². The molecule has 2 aromatic rings. The first kappa shape index (κ1) is 22.6. The fourth-order valence-corrected chi connectivity index (χ4v) is 4.62. The third-order valence-corrected chi connectivity index (χ3v) is 7.07. The molecule has 0 fully saturated rings. The first-order valence-electron chi connectivity index (χ1n) is 9.42. The Kier molecular flexibility index (Phi) is 6.86. The third kappa shape index (κ3) is 4.51. The van der Waals surface area contributed by atoms with E-state index in [2.05, 4.69) is 25.7 Å². The lowest BCUT2D eigenvalue weighted by Gasteiger charge is -2.28. The van der Waals surface area contributed by atoms with Crippen molar-refractivity contribution in [1.29, 1.82) is 0 Å². The van der Waals surface area contributed by atoms with Crippen LogP contribution >= 0.6 is 0 Å². The second kappa shape index (κ2) is 8.79. The van der Waals surface area contributed by atoms with E-state index in [1.54, 1.807) is 18.2 Å². The van der Waals surface area contributed by atoms with Gasteiger partial charge >= 0.3 is 0 Å². The third-order valence-electron chi connectivity index (χ3n) is 5.29. The van der Waals surface area contributed by atoms with Gasteiger partial charge in [-0.2, -0.15) is 0 Å². The van der Waals surface area contributed by atoms with E-state index in [1.165, 1.54) is 25.2 Å². The number of sulfonamides is 1. The molecule has 29 heavy (non-hydrogen) atoms. The fraction of sp³-hybridized carbons (Fsp3) is 0.400. The summed E-state index contributed by atoms with van der Waals surface area (Å²) in [7, 11) is -2.46. The SMILES string of the molecule is CCN(CC)C(C)c1cc(S(=O)(=O)N(C)c2ccc([N+](=O)[O-])c(N)c2)ccc1C. The Morgan fingerprint density at radius 2 is 1.76 bits per heavy atom. The van der Waals surface area contributed by atoms with Gasteiger partial charge < -0.3 is 5.73 Å². The van der Waals surface area contributed by atoms with Gasteiger partial charge in [-0.1, -0.05) is 19.9 Å². The molecule has 2 N–H and O–H groups in total. The zero-order chi connectivity index (χ0) is 21.9. The first-order chi connectivity index (χ1) is 13.5. The number of nitro groups is 1. The van der Waals surface area contributed by atoms with E-state index in [0.29, 0.717) is 0 Å². The van der Waals surface area contributed by atoms with Crippen molar-refractivity contribution >= 4 is 27.1 Å². The van der Waals surface area contributed by atoms with Crippen molar-refractivity contribution in [1.82, 2.24) is 4.90 Å². The molecular formula is C20H28N4O4S. The summed E-state index contributed by atoms with van der Waals surface area (Å²) in [5.41, 5.74) is 7.60. The summed E-state index contributed by atoms with van der Waals surface area (Å²) >= 11 is 0. The molecule has 0 amide bonds. The van der Waals surface area contributed by atoms with Crippen LogP contribution in [0.15, 0.2) is 41.3 Å². The van der Waals surface area contributed by atoms with Crippen LogP contribution in [0.1, 0.15) is 37.9 Å². The Labute approximate surface area is 172 Å². The molecule has 2 rings (SSSR count). The summed E-state index contributed by atoms with van der Waals surface area (Å²) in [5, 5.41) is 10.9. The lowest BCUT2D eigenvalue weighted by Crippen LogP contribution is -2.29. The van der Waals surface area contributed by atoms with E-state index in [9.17, 15) is 18.5 Å². The van der Waals surface area contributed by atoms with Crippen LogP contribution in [0.3, 0.4) is 0 Å². The van der Waals surface area contributed by atoms with Gasteiger partial charge in [-0.3, -0.25) is 19.3 Å². The zero-order valence-electron chi connectivity index (χ0n) is 17.4. The lowest BCUT2D eigenvalue weighted by atomic mass is 10.0. The summed E-state index contributed by atoms with van der Waals surface area (Å²) in [6.45, 7) is 9.89. The first-order valence-corrected chi connectivity index (χ1v) is 10.9. The fourth-order valence-electron chi connectivity index (χ4n) is 3.40. The van der Waals surface area contributed by atoms with Crippen LogP contribution < -0.4 is 10.0 Å². The van der Waals surface area contributed by atoms with Gasteiger partial charge in [-0.15, -0.1) is 0 Å². The minimum absolute atomic E-state index is 0.0699. The van der Waals surface area contributed by atoms with Crippen molar-refractivity contribution in [3.8, 4) is 0 Å². The Balaban J connectivity index is 2.46. The molecule has 9 heteroatoms. The molecule has 0 bridgehead atoms. The number of aryl methyl sites for hydroxylation is 1. The highest BCUT2D eigenvalue weighted by atomic mass is 32.2. The van der Waals surface area contributed by atoms with E-state index in [-0.39, 0.29) is 28.0 Å². The topological polar surface area (TPSA) is 110 Å².